The molecule has 23 heavy (non-hydrogen) atoms. The molecule has 2 aliphatic heterocycles. The van der Waals surface area contributed by atoms with Crippen molar-refractivity contribution in [2.45, 2.75) is 19.4 Å². The van der Waals surface area contributed by atoms with Gasteiger partial charge in [0.05, 0.1) is 5.69 Å². The second-order valence-corrected chi connectivity index (χ2v) is 5.80. The Labute approximate surface area is 133 Å². The Bertz CT molecular complexity index is 816. The number of anilines is 2. The molecule has 2 aliphatic rings. The van der Waals surface area contributed by atoms with Gasteiger partial charge in [-0.2, -0.15) is 0 Å². The largest absolute Gasteiger partial charge is 0.479 e. The molecule has 2 heterocycles. The fourth-order valence-electron chi connectivity index (χ4n) is 3.05. The summed E-state index contributed by atoms with van der Waals surface area (Å²) in [6, 6.07) is 13.1. The van der Waals surface area contributed by atoms with Crippen LogP contribution in [0.3, 0.4) is 0 Å². The van der Waals surface area contributed by atoms with Gasteiger partial charge in [-0.05, 0) is 43.2 Å². The smallest absolute Gasteiger partial charge is 0.265 e. The molecule has 1 atom stereocenters. The Morgan fingerprint density at radius 2 is 2.09 bits per heavy atom. The first-order chi connectivity index (χ1) is 11.1. The molecule has 0 spiro atoms. The fraction of sp³-hybridized carbons (Fsp3) is 0.222. The van der Waals surface area contributed by atoms with E-state index in [1.54, 1.807) is 30.0 Å². The van der Waals surface area contributed by atoms with Crippen LogP contribution < -0.4 is 15.0 Å². The number of carbonyl (C=O) groups excluding carboxylic acids is 2. The first-order valence-corrected chi connectivity index (χ1v) is 7.65. The number of carbonyl (C=O) groups is 2. The van der Waals surface area contributed by atoms with Gasteiger partial charge in [0, 0.05) is 17.8 Å². The monoisotopic (exact) mass is 308 g/mol. The summed E-state index contributed by atoms with van der Waals surface area (Å²) in [4.78, 5) is 26.3. The lowest BCUT2D eigenvalue weighted by Gasteiger charge is -2.24. The summed E-state index contributed by atoms with van der Waals surface area (Å²) in [5.41, 5.74) is 3.23. The highest BCUT2D eigenvalue weighted by molar-refractivity contribution is 6.08. The van der Waals surface area contributed by atoms with E-state index in [9.17, 15) is 9.59 Å². The van der Waals surface area contributed by atoms with Gasteiger partial charge in [-0.1, -0.05) is 18.2 Å². The molecule has 2 aromatic carbocycles. The predicted octanol–water partition coefficient (Wildman–Crippen LogP) is 2.61. The zero-order valence-corrected chi connectivity index (χ0v) is 12.7. The van der Waals surface area contributed by atoms with Crippen LogP contribution in [0.1, 0.15) is 22.8 Å². The van der Waals surface area contributed by atoms with Gasteiger partial charge in [-0.25, -0.2) is 0 Å². The lowest BCUT2D eigenvalue weighted by atomic mass is 10.1. The molecule has 0 saturated carbocycles. The van der Waals surface area contributed by atoms with Crippen molar-refractivity contribution in [3.63, 3.8) is 0 Å². The van der Waals surface area contributed by atoms with Crippen molar-refractivity contribution in [2.75, 3.05) is 16.8 Å². The van der Waals surface area contributed by atoms with Crippen molar-refractivity contribution in [2.24, 2.45) is 0 Å². The third kappa shape index (κ3) is 2.25. The van der Waals surface area contributed by atoms with Crippen molar-refractivity contribution in [1.29, 1.82) is 0 Å². The minimum atomic E-state index is -0.519. The summed E-state index contributed by atoms with van der Waals surface area (Å²) in [5, 5.41) is 2.78. The molecule has 1 unspecified atom stereocenters. The van der Waals surface area contributed by atoms with Gasteiger partial charge in [0.1, 0.15) is 5.75 Å². The number of rotatable bonds is 1. The average molecular weight is 308 g/mol. The van der Waals surface area contributed by atoms with Gasteiger partial charge < -0.3 is 15.0 Å². The second-order valence-electron chi connectivity index (χ2n) is 5.80. The van der Waals surface area contributed by atoms with E-state index < -0.39 is 6.10 Å². The summed E-state index contributed by atoms with van der Waals surface area (Å²) in [6.07, 6.45) is 0.346. The number of hydrogen-bond donors (Lipinski definition) is 1. The SMILES string of the molecule is CC1Oc2ccc(C(=O)N3CCc4ccccc43)cc2NC1=O. The number of benzene rings is 2. The van der Waals surface area contributed by atoms with Gasteiger partial charge in [-0.15, -0.1) is 0 Å². The summed E-state index contributed by atoms with van der Waals surface area (Å²) >= 11 is 0. The van der Waals surface area contributed by atoms with Crippen LogP contribution in [0.15, 0.2) is 42.5 Å². The highest BCUT2D eigenvalue weighted by Crippen LogP contribution is 2.33. The molecule has 0 saturated heterocycles. The van der Waals surface area contributed by atoms with E-state index in [1.807, 2.05) is 24.3 Å². The lowest BCUT2D eigenvalue weighted by Crippen LogP contribution is -2.35. The highest BCUT2D eigenvalue weighted by Gasteiger charge is 2.28. The maximum absolute atomic E-state index is 12.8. The molecule has 5 nitrogen and oxygen atoms in total. The van der Waals surface area contributed by atoms with E-state index >= 15 is 0 Å². The number of fused-ring (bicyclic) bond motifs is 2. The van der Waals surface area contributed by atoms with Crippen LogP contribution in [-0.2, 0) is 11.2 Å². The normalized spacial score (nSPS) is 18.7. The van der Waals surface area contributed by atoms with Crippen LogP contribution in [-0.4, -0.2) is 24.5 Å². The molecule has 4 rings (SSSR count). The molecule has 116 valence electrons. The standard InChI is InChI=1S/C18H16N2O3/c1-11-17(21)19-14-10-13(6-7-16(14)23-11)18(22)20-9-8-12-4-2-3-5-15(12)20/h2-7,10-11H,8-9H2,1H3,(H,19,21). The van der Waals surface area contributed by atoms with Crippen LogP contribution >= 0.6 is 0 Å². The average Bonchev–Trinajstić information content (AvgIpc) is 2.99. The van der Waals surface area contributed by atoms with E-state index in [0.717, 1.165) is 12.1 Å². The first kappa shape index (κ1) is 13.8. The Kier molecular flexibility index (Phi) is 3.08. The lowest BCUT2D eigenvalue weighted by molar-refractivity contribution is -0.122. The third-order valence-electron chi connectivity index (χ3n) is 4.29. The van der Waals surface area contributed by atoms with E-state index in [-0.39, 0.29) is 11.8 Å². The fourth-order valence-corrected chi connectivity index (χ4v) is 3.05. The van der Waals surface area contributed by atoms with Crippen LogP contribution in [0.2, 0.25) is 0 Å². The van der Waals surface area contributed by atoms with E-state index in [1.165, 1.54) is 5.56 Å². The molecule has 2 amide bonds. The number of nitrogens with zero attached hydrogens (tertiary/aromatic N) is 1. The Hall–Kier alpha value is -2.82. The van der Waals surface area contributed by atoms with Gasteiger partial charge >= 0.3 is 0 Å². The summed E-state index contributed by atoms with van der Waals surface area (Å²) in [6.45, 7) is 2.37. The van der Waals surface area contributed by atoms with Crippen LogP contribution in [0.25, 0.3) is 0 Å². The van der Waals surface area contributed by atoms with E-state index in [4.69, 9.17) is 4.74 Å². The van der Waals surface area contributed by atoms with Crippen LogP contribution in [0.5, 0.6) is 5.75 Å². The third-order valence-corrected chi connectivity index (χ3v) is 4.29. The predicted molar refractivity (Wildman–Crippen MR) is 87.0 cm³/mol. The Balaban J connectivity index is 1.66. The van der Waals surface area contributed by atoms with Gasteiger partial charge in [0.2, 0.25) is 0 Å². The number of ether oxygens (including phenoxy) is 1. The molecule has 2 aromatic rings. The quantitative estimate of drug-likeness (QED) is 0.881. The molecule has 0 radical (unpaired) electrons. The van der Waals surface area contributed by atoms with Crippen LogP contribution in [0, 0.1) is 0 Å². The van der Waals surface area contributed by atoms with Gasteiger partial charge in [-0.3, -0.25) is 9.59 Å². The number of para-hydroxylation sites is 1. The maximum atomic E-state index is 12.8. The minimum Gasteiger partial charge on any atom is -0.479 e. The molecule has 5 heteroatoms. The zero-order chi connectivity index (χ0) is 16.0. The molecular weight excluding hydrogens is 292 g/mol. The molecule has 1 N–H and O–H groups in total. The van der Waals surface area contributed by atoms with Crippen molar-refractivity contribution in [3.05, 3.63) is 53.6 Å². The van der Waals surface area contributed by atoms with Crippen molar-refractivity contribution < 1.29 is 14.3 Å². The summed E-state index contributed by atoms with van der Waals surface area (Å²) in [5.74, 6) is 0.328. The summed E-state index contributed by atoms with van der Waals surface area (Å²) < 4.78 is 5.52. The van der Waals surface area contributed by atoms with Crippen molar-refractivity contribution in [3.8, 4) is 5.75 Å². The number of nitrogens with one attached hydrogen (secondary N) is 1. The molecule has 0 fully saturated rings. The Morgan fingerprint density at radius 3 is 2.96 bits per heavy atom. The highest BCUT2D eigenvalue weighted by atomic mass is 16.5. The minimum absolute atomic E-state index is 0.0642. The van der Waals surface area contributed by atoms with Crippen LogP contribution in [0.4, 0.5) is 11.4 Å². The molecule has 0 aliphatic carbocycles. The topological polar surface area (TPSA) is 58.6 Å². The molecule has 0 aromatic heterocycles. The Morgan fingerprint density at radius 1 is 1.26 bits per heavy atom. The van der Waals surface area contributed by atoms with Crippen molar-refractivity contribution in [1.82, 2.24) is 0 Å². The molecular formula is C18H16N2O3. The maximum Gasteiger partial charge on any atom is 0.265 e. The molecule has 0 bridgehead atoms. The number of hydrogen-bond acceptors (Lipinski definition) is 3. The number of amides is 2. The summed E-state index contributed by atoms with van der Waals surface area (Å²) in [7, 11) is 0. The van der Waals surface area contributed by atoms with Gasteiger partial charge in [0.15, 0.2) is 6.10 Å². The van der Waals surface area contributed by atoms with E-state index in [2.05, 4.69) is 5.32 Å². The first-order valence-electron chi connectivity index (χ1n) is 7.65. The second kappa shape index (κ2) is 5.12. The van der Waals surface area contributed by atoms with E-state index in [0.29, 0.717) is 23.5 Å². The van der Waals surface area contributed by atoms with Gasteiger partial charge in [0.25, 0.3) is 11.8 Å². The van der Waals surface area contributed by atoms with Crippen molar-refractivity contribution >= 4 is 23.2 Å². The zero-order valence-electron chi connectivity index (χ0n) is 12.7.